The van der Waals surface area contributed by atoms with Gasteiger partial charge in [0.05, 0.1) is 6.42 Å². The summed E-state index contributed by atoms with van der Waals surface area (Å²) >= 11 is 5.83. The molecule has 2 aromatic carbocycles. The number of halogens is 1. The second kappa shape index (κ2) is 10.2. The molecule has 0 spiro atoms. The number of Topliss-reactive ketones (excluding diaryl/α,β-unsaturated/α-hetero) is 1. The number of carbonyl (C=O) groups excluding carboxylic acids is 3. The highest BCUT2D eigenvalue weighted by atomic mass is 35.5. The Bertz CT molecular complexity index is 892. The Hall–Kier alpha value is -2.66. The highest BCUT2D eigenvalue weighted by Gasteiger charge is 2.15. The first-order chi connectivity index (χ1) is 14.0. The minimum absolute atomic E-state index is 0.0338. The molecule has 0 aromatic heterocycles. The van der Waals surface area contributed by atoms with E-state index in [0.717, 1.165) is 24.8 Å². The molecule has 0 saturated carbocycles. The van der Waals surface area contributed by atoms with E-state index in [4.69, 9.17) is 16.3 Å². The van der Waals surface area contributed by atoms with Crippen LogP contribution in [0.1, 0.15) is 46.3 Å². The largest absolute Gasteiger partial charge is 0.456 e. The van der Waals surface area contributed by atoms with Crippen LogP contribution in [0.3, 0.4) is 0 Å². The van der Waals surface area contributed by atoms with Crippen molar-refractivity contribution in [2.24, 2.45) is 0 Å². The van der Waals surface area contributed by atoms with Gasteiger partial charge in [0.2, 0.25) is 0 Å². The van der Waals surface area contributed by atoms with Crippen LogP contribution < -0.4 is 5.32 Å². The molecule has 0 bridgehead atoms. The van der Waals surface area contributed by atoms with E-state index < -0.39 is 5.97 Å². The number of benzene rings is 2. The summed E-state index contributed by atoms with van der Waals surface area (Å²) in [6.07, 6.45) is 3.90. The zero-order valence-electron chi connectivity index (χ0n) is 16.2. The lowest BCUT2D eigenvalue weighted by molar-refractivity contribution is -0.148. The average molecular weight is 414 g/mol. The summed E-state index contributed by atoms with van der Waals surface area (Å²) < 4.78 is 4.96. The molecule has 6 heteroatoms. The minimum Gasteiger partial charge on any atom is -0.456 e. The van der Waals surface area contributed by atoms with Gasteiger partial charge in [-0.25, -0.2) is 0 Å². The molecule has 3 rings (SSSR count). The van der Waals surface area contributed by atoms with E-state index >= 15 is 0 Å². The standard InChI is InChI=1S/C23H24ClNO4/c24-20-8-4-16(5-9-20)12-13-25-22(27)15-29-23(28)11-10-21(26)19-7-6-17-2-1-3-18(17)14-19/h4-9,14H,1-3,10-13,15H2,(H,25,27). The number of rotatable bonds is 9. The zero-order valence-corrected chi connectivity index (χ0v) is 17.0. The Morgan fingerprint density at radius 1 is 0.966 bits per heavy atom. The molecule has 1 aliphatic rings. The lowest BCUT2D eigenvalue weighted by atomic mass is 10.0. The van der Waals surface area contributed by atoms with Crippen LogP contribution in [-0.4, -0.2) is 30.8 Å². The van der Waals surface area contributed by atoms with Crippen LogP contribution >= 0.6 is 11.6 Å². The minimum atomic E-state index is -0.549. The Kier molecular flexibility index (Phi) is 7.42. The second-order valence-electron chi connectivity index (χ2n) is 7.15. The average Bonchev–Trinajstić information content (AvgIpc) is 3.19. The molecule has 5 nitrogen and oxygen atoms in total. The van der Waals surface area contributed by atoms with E-state index in [0.29, 0.717) is 23.6 Å². The number of ether oxygens (including phenoxy) is 1. The smallest absolute Gasteiger partial charge is 0.306 e. The molecule has 0 heterocycles. The zero-order chi connectivity index (χ0) is 20.6. The van der Waals surface area contributed by atoms with Crippen LogP contribution in [0.25, 0.3) is 0 Å². The number of amides is 1. The maximum Gasteiger partial charge on any atom is 0.306 e. The van der Waals surface area contributed by atoms with Crippen molar-refractivity contribution in [1.29, 1.82) is 0 Å². The van der Waals surface area contributed by atoms with Crippen LogP contribution in [0.2, 0.25) is 5.02 Å². The fourth-order valence-corrected chi connectivity index (χ4v) is 3.50. The summed E-state index contributed by atoms with van der Waals surface area (Å²) in [4.78, 5) is 35.9. The molecule has 152 valence electrons. The van der Waals surface area contributed by atoms with E-state index in [9.17, 15) is 14.4 Å². The maximum atomic E-state index is 12.3. The topological polar surface area (TPSA) is 72.5 Å². The first-order valence-electron chi connectivity index (χ1n) is 9.83. The fourth-order valence-electron chi connectivity index (χ4n) is 3.37. The van der Waals surface area contributed by atoms with E-state index in [1.54, 1.807) is 12.1 Å². The van der Waals surface area contributed by atoms with Crippen LogP contribution in [0.4, 0.5) is 0 Å². The van der Waals surface area contributed by atoms with Gasteiger partial charge in [-0.2, -0.15) is 0 Å². The highest BCUT2D eigenvalue weighted by molar-refractivity contribution is 6.30. The third-order valence-electron chi connectivity index (χ3n) is 4.99. The van der Waals surface area contributed by atoms with Gasteiger partial charge in [0.1, 0.15) is 0 Å². The van der Waals surface area contributed by atoms with E-state index in [1.165, 1.54) is 11.1 Å². The lowest BCUT2D eigenvalue weighted by Crippen LogP contribution is -2.30. The third-order valence-corrected chi connectivity index (χ3v) is 5.24. The van der Waals surface area contributed by atoms with Crippen molar-refractivity contribution < 1.29 is 19.1 Å². The van der Waals surface area contributed by atoms with Crippen molar-refractivity contribution in [3.63, 3.8) is 0 Å². The molecule has 2 aromatic rings. The first-order valence-corrected chi connectivity index (χ1v) is 10.2. The molecule has 0 aliphatic heterocycles. The summed E-state index contributed by atoms with van der Waals surface area (Å²) in [5.41, 5.74) is 4.23. The second-order valence-corrected chi connectivity index (χ2v) is 7.58. The molecule has 1 aliphatic carbocycles. The fraction of sp³-hybridized carbons (Fsp3) is 0.348. The van der Waals surface area contributed by atoms with E-state index in [2.05, 4.69) is 5.32 Å². The first kappa shape index (κ1) is 21.1. The quantitative estimate of drug-likeness (QED) is 0.502. The van der Waals surface area contributed by atoms with Crippen molar-refractivity contribution in [2.45, 2.75) is 38.5 Å². The number of hydrogen-bond acceptors (Lipinski definition) is 4. The van der Waals surface area contributed by atoms with Gasteiger partial charge in [0.25, 0.3) is 5.91 Å². The van der Waals surface area contributed by atoms with Gasteiger partial charge < -0.3 is 10.1 Å². The van der Waals surface area contributed by atoms with Gasteiger partial charge in [-0.15, -0.1) is 0 Å². The molecule has 0 fully saturated rings. The Morgan fingerprint density at radius 3 is 2.52 bits per heavy atom. The summed E-state index contributed by atoms with van der Waals surface area (Å²) in [5.74, 6) is -0.992. The Labute approximate surface area is 175 Å². The Morgan fingerprint density at radius 2 is 1.72 bits per heavy atom. The number of carbonyl (C=O) groups is 3. The van der Waals surface area contributed by atoms with Gasteiger partial charge in [-0.05, 0) is 60.6 Å². The van der Waals surface area contributed by atoms with E-state index in [-0.39, 0.29) is 31.1 Å². The van der Waals surface area contributed by atoms with Gasteiger partial charge >= 0.3 is 5.97 Å². The summed E-state index contributed by atoms with van der Waals surface area (Å²) in [6.45, 7) is 0.0985. The molecular formula is C23H24ClNO4. The highest BCUT2D eigenvalue weighted by Crippen LogP contribution is 2.23. The monoisotopic (exact) mass is 413 g/mol. The van der Waals surface area contributed by atoms with Gasteiger partial charge in [0.15, 0.2) is 12.4 Å². The molecule has 1 amide bonds. The number of ketones is 1. The van der Waals surface area contributed by atoms with Crippen LogP contribution in [0, 0.1) is 0 Å². The van der Waals surface area contributed by atoms with Crippen molar-refractivity contribution in [2.75, 3.05) is 13.2 Å². The molecule has 1 N–H and O–H groups in total. The number of nitrogens with one attached hydrogen (secondary N) is 1. The number of fused-ring (bicyclic) bond motifs is 1. The molecular weight excluding hydrogens is 390 g/mol. The number of hydrogen-bond donors (Lipinski definition) is 1. The van der Waals surface area contributed by atoms with Crippen molar-refractivity contribution in [1.82, 2.24) is 5.32 Å². The van der Waals surface area contributed by atoms with Gasteiger partial charge in [-0.3, -0.25) is 14.4 Å². The lowest BCUT2D eigenvalue weighted by Gasteiger charge is -2.07. The van der Waals surface area contributed by atoms with Crippen LogP contribution in [0.15, 0.2) is 42.5 Å². The normalized spacial score (nSPS) is 12.3. The number of aryl methyl sites for hydroxylation is 2. The molecule has 29 heavy (non-hydrogen) atoms. The van der Waals surface area contributed by atoms with Crippen molar-refractivity contribution in [3.05, 3.63) is 69.7 Å². The summed E-state index contributed by atoms with van der Waals surface area (Å²) in [7, 11) is 0. The van der Waals surface area contributed by atoms with Crippen LogP contribution in [0.5, 0.6) is 0 Å². The summed E-state index contributed by atoms with van der Waals surface area (Å²) in [5, 5.41) is 3.37. The molecule has 0 unspecified atom stereocenters. The van der Waals surface area contributed by atoms with Crippen molar-refractivity contribution in [3.8, 4) is 0 Å². The predicted molar refractivity (Wildman–Crippen MR) is 111 cm³/mol. The predicted octanol–water partition coefficient (Wildman–Crippen LogP) is 3.69. The van der Waals surface area contributed by atoms with Gasteiger partial charge in [-0.1, -0.05) is 35.9 Å². The molecule has 0 atom stereocenters. The van der Waals surface area contributed by atoms with Gasteiger partial charge in [0, 0.05) is 23.6 Å². The third kappa shape index (κ3) is 6.43. The van der Waals surface area contributed by atoms with Crippen LogP contribution in [-0.2, 0) is 33.6 Å². The SMILES string of the molecule is O=C(COC(=O)CCC(=O)c1ccc2c(c1)CCC2)NCCc1ccc(Cl)cc1. The van der Waals surface area contributed by atoms with E-state index in [1.807, 2.05) is 30.3 Å². The summed E-state index contributed by atoms with van der Waals surface area (Å²) in [6, 6.07) is 13.1. The number of esters is 1. The Balaban J connectivity index is 1.32. The molecule has 0 saturated heterocycles. The maximum absolute atomic E-state index is 12.3. The molecule has 0 radical (unpaired) electrons. The van der Waals surface area contributed by atoms with Crippen molar-refractivity contribution >= 4 is 29.3 Å².